The third-order valence-electron chi connectivity index (χ3n) is 4.09. The zero-order valence-corrected chi connectivity index (χ0v) is 15.6. The predicted molar refractivity (Wildman–Crippen MR) is 105 cm³/mol. The number of aliphatic hydroxyl groups excluding tert-OH is 2. The van der Waals surface area contributed by atoms with Crippen LogP contribution in [-0.4, -0.2) is 29.2 Å². The van der Waals surface area contributed by atoms with E-state index in [0.29, 0.717) is 12.2 Å². The Kier molecular flexibility index (Phi) is 7.19. The van der Waals surface area contributed by atoms with E-state index < -0.39 is 11.9 Å². The Bertz CT molecular complexity index is 807. The van der Waals surface area contributed by atoms with E-state index in [9.17, 15) is 5.11 Å². The van der Waals surface area contributed by atoms with Gasteiger partial charge in [0.1, 0.15) is 12.2 Å². The lowest BCUT2D eigenvalue weighted by Gasteiger charge is -2.17. The van der Waals surface area contributed by atoms with Crippen molar-refractivity contribution in [1.82, 2.24) is 0 Å². The van der Waals surface area contributed by atoms with Crippen LogP contribution in [0.1, 0.15) is 48.3 Å². The van der Waals surface area contributed by atoms with Crippen LogP contribution in [0.5, 0.6) is 0 Å². The third kappa shape index (κ3) is 5.96. The van der Waals surface area contributed by atoms with Gasteiger partial charge in [0.2, 0.25) is 0 Å². The van der Waals surface area contributed by atoms with Gasteiger partial charge in [-0.2, -0.15) is 0 Å². The lowest BCUT2D eigenvalue weighted by atomic mass is 10.1. The van der Waals surface area contributed by atoms with E-state index in [1.165, 1.54) is 0 Å². The Morgan fingerprint density at radius 3 is 1.96 bits per heavy atom. The van der Waals surface area contributed by atoms with E-state index in [1.807, 2.05) is 38.1 Å². The number of hydrogen-bond acceptors (Lipinski definition) is 4. The van der Waals surface area contributed by atoms with Crippen LogP contribution >= 0.6 is 0 Å². The molecule has 4 nitrogen and oxygen atoms in total. The first kappa shape index (κ1) is 20.7. The summed E-state index contributed by atoms with van der Waals surface area (Å²) in [4.78, 5) is 0. The predicted octanol–water partition coefficient (Wildman–Crippen LogP) is 3.19. The second kappa shape index (κ2) is 9.37. The molecule has 2 aromatic carbocycles. The Morgan fingerprint density at radius 2 is 1.56 bits per heavy atom. The van der Waals surface area contributed by atoms with Crippen LogP contribution in [0.15, 0.2) is 48.5 Å². The Morgan fingerprint density at radius 1 is 1.04 bits per heavy atom. The molecule has 0 bridgehead atoms. The zero-order chi connectivity index (χ0) is 19.9. The van der Waals surface area contributed by atoms with Crippen molar-refractivity contribution in [1.29, 1.82) is 0 Å². The number of benzene rings is 2. The second-order valence-corrected chi connectivity index (χ2v) is 6.55. The van der Waals surface area contributed by atoms with Crippen molar-refractivity contribution in [2.24, 2.45) is 0 Å². The molecule has 0 amide bonds. The maximum atomic E-state index is 9.19. The van der Waals surface area contributed by atoms with Crippen LogP contribution in [0.2, 0.25) is 0 Å². The molecule has 0 aliphatic carbocycles. The fourth-order valence-electron chi connectivity index (χ4n) is 2.55. The van der Waals surface area contributed by atoms with Gasteiger partial charge < -0.3 is 19.7 Å². The van der Waals surface area contributed by atoms with Crippen molar-refractivity contribution in [3.63, 3.8) is 0 Å². The molecule has 0 radical (unpaired) electrons. The molecule has 3 rings (SSSR count). The van der Waals surface area contributed by atoms with E-state index in [4.69, 9.17) is 27.4 Å². The molecule has 0 unspecified atom stereocenters. The summed E-state index contributed by atoms with van der Waals surface area (Å²) >= 11 is 0. The van der Waals surface area contributed by atoms with Gasteiger partial charge in [-0.05, 0) is 49.2 Å². The lowest BCUT2D eigenvalue weighted by Crippen LogP contribution is -2.19. The second-order valence-electron chi connectivity index (χ2n) is 6.55. The molecule has 2 N–H and O–H groups in total. The van der Waals surface area contributed by atoms with Crippen LogP contribution in [0.25, 0.3) is 0 Å². The van der Waals surface area contributed by atoms with Gasteiger partial charge in [0.15, 0.2) is 5.79 Å². The highest BCUT2D eigenvalue weighted by atomic mass is 16.7. The van der Waals surface area contributed by atoms with Crippen LogP contribution in [0.4, 0.5) is 0 Å². The van der Waals surface area contributed by atoms with Gasteiger partial charge in [0, 0.05) is 11.1 Å². The Balaban J connectivity index is 0.000000199. The molecule has 1 aliphatic rings. The fourth-order valence-corrected chi connectivity index (χ4v) is 2.55. The monoisotopic (exact) mass is 364 g/mol. The minimum atomic E-state index is -0.808. The molecule has 4 heteroatoms. The maximum absolute atomic E-state index is 9.19. The number of aliphatic hydroxyl groups is 2. The molecule has 27 heavy (non-hydrogen) atoms. The van der Waals surface area contributed by atoms with E-state index in [1.54, 1.807) is 24.3 Å². The first-order valence-corrected chi connectivity index (χ1v) is 8.62. The summed E-state index contributed by atoms with van der Waals surface area (Å²) < 4.78 is 11.2. The van der Waals surface area contributed by atoms with Gasteiger partial charge in [-0.3, -0.25) is 0 Å². The molecule has 1 saturated heterocycles. The number of terminal acetylenes is 2. The van der Waals surface area contributed by atoms with E-state index >= 15 is 0 Å². The summed E-state index contributed by atoms with van der Waals surface area (Å²) in [6.45, 7) is 4.17. The molecule has 0 aromatic heterocycles. The van der Waals surface area contributed by atoms with E-state index in [2.05, 4.69) is 11.8 Å². The van der Waals surface area contributed by atoms with Crippen molar-refractivity contribution in [3.8, 4) is 24.7 Å². The molecule has 2 aromatic rings. The van der Waals surface area contributed by atoms with Gasteiger partial charge in [-0.1, -0.05) is 36.1 Å². The first-order chi connectivity index (χ1) is 12.9. The quantitative estimate of drug-likeness (QED) is 0.822. The normalized spacial score (nSPS) is 18.5. The highest BCUT2D eigenvalue weighted by molar-refractivity contribution is 5.35. The SMILES string of the molecule is C#Cc1ccc([C@H](O)CO)cc1.C#Cc1ccc([C@H]2COC(C)(C)O2)cc1. The van der Waals surface area contributed by atoms with E-state index in [-0.39, 0.29) is 12.7 Å². The minimum Gasteiger partial charge on any atom is -0.393 e. The average Bonchev–Trinajstić information content (AvgIpc) is 3.07. The Hall–Kier alpha value is -2.60. The number of rotatable bonds is 3. The smallest absolute Gasteiger partial charge is 0.163 e. The molecule has 1 aliphatic heterocycles. The van der Waals surface area contributed by atoms with Gasteiger partial charge in [-0.15, -0.1) is 12.8 Å². The van der Waals surface area contributed by atoms with Crippen molar-refractivity contribution >= 4 is 0 Å². The largest absolute Gasteiger partial charge is 0.393 e. The summed E-state index contributed by atoms with van der Waals surface area (Å²) in [5.74, 6) is 4.58. The van der Waals surface area contributed by atoms with Gasteiger partial charge in [0.25, 0.3) is 0 Å². The first-order valence-electron chi connectivity index (χ1n) is 8.62. The average molecular weight is 364 g/mol. The van der Waals surface area contributed by atoms with E-state index in [0.717, 1.165) is 16.7 Å². The summed E-state index contributed by atoms with van der Waals surface area (Å²) in [6.07, 6.45) is 9.65. The highest BCUT2D eigenvalue weighted by Gasteiger charge is 2.33. The summed E-state index contributed by atoms with van der Waals surface area (Å²) in [7, 11) is 0. The highest BCUT2D eigenvalue weighted by Crippen LogP contribution is 2.32. The molecule has 0 saturated carbocycles. The molecule has 1 fully saturated rings. The van der Waals surface area contributed by atoms with Gasteiger partial charge in [0.05, 0.1) is 13.2 Å². The number of ether oxygens (including phenoxy) is 2. The summed E-state index contributed by atoms with van der Waals surface area (Å²) in [5, 5.41) is 17.8. The molecule has 0 spiro atoms. The Labute approximate surface area is 160 Å². The molecular formula is C23H24O4. The van der Waals surface area contributed by atoms with Crippen molar-refractivity contribution in [2.45, 2.75) is 31.8 Å². The van der Waals surface area contributed by atoms with Crippen LogP contribution in [0, 0.1) is 24.7 Å². The summed E-state index contributed by atoms with van der Waals surface area (Å²) in [5.41, 5.74) is 3.44. The van der Waals surface area contributed by atoms with Crippen LogP contribution in [-0.2, 0) is 9.47 Å². The van der Waals surface area contributed by atoms with Crippen molar-refractivity contribution in [2.75, 3.05) is 13.2 Å². The van der Waals surface area contributed by atoms with Crippen molar-refractivity contribution in [3.05, 3.63) is 70.8 Å². The molecule has 1 heterocycles. The van der Waals surface area contributed by atoms with Crippen LogP contribution in [0.3, 0.4) is 0 Å². The number of hydrogen-bond donors (Lipinski definition) is 2. The van der Waals surface area contributed by atoms with Gasteiger partial charge >= 0.3 is 0 Å². The molecule has 2 atom stereocenters. The zero-order valence-electron chi connectivity index (χ0n) is 15.6. The van der Waals surface area contributed by atoms with Crippen molar-refractivity contribution < 1.29 is 19.7 Å². The third-order valence-corrected chi connectivity index (χ3v) is 4.09. The standard InChI is InChI=1S/C13H14O2.C10H10O2/c1-4-10-5-7-11(8-6-10)12-9-14-13(2,3)15-12;1-2-8-3-5-9(6-4-8)10(12)7-11/h1,5-8,12H,9H2,2-3H3;1,3-6,10-12H,7H2/t12-;10-/m11/s1. The maximum Gasteiger partial charge on any atom is 0.163 e. The molecule has 140 valence electrons. The topological polar surface area (TPSA) is 58.9 Å². The fraction of sp³-hybridized carbons (Fsp3) is 0.304. The lowest BCUT2D eigenvalue weighted by molar-refractivity contribution is -0.139. The van der Waals surface area contributed by atoms with Gasteiger partial charge in [-0.25, -0.2) is 0 Å². The minimum absolute atomic E-state index is 0.0202. The molecular weight excluding hydrogens is 340 g/mol. The van der Waals surface area contributed by atoms with Crippen LogP contribution < -0.4 is 0 Å². The summed E-state index contributed by atoms with van der Waals surface area (Å²) in [6, 6.07) is 14.7.